The quantitative estimate of drug-likeness (QED) is 0.947. The first-order valence-electron chi connectivity index (χ1n) is 5.79. The molecule has 0 radical (unpaired) electrons. The van der Waals surface area contributed by atoms with Crippen molar-refractivity contribution in [3.63, 3.8) is 0 Å². The molecule has 2 heterocycles. The van der Waals surface area contributed by atoms with Crippen molar-refractivity contribution in [1.82, 2.24) is 19.7 Å². The first kappa shape index (κ1) is 13.0. The van der Waals surface area contributed by atoms with Crippen LogP contribution in [0, 0.1) is 6.92 Å². The zero-order valence-corrected chi connectivity index (χ0v) is 12.5. The average molecular weight is 310 g/mol. The Morgan fingerprint density at radius 1 is 1.33 bits per heavy atom. The molecule has 18 heavy (non-hydrogen) atoms. The molecule has 96 valence electrons. The summed E-state index contributed by atoms with van der Waals surface area (Å²) in [6.07, 6.45) is 3.63. The summed E-state index contributed by atoms with van der Waals surface area (Å²) in [5, 5.41) is 7.38. The second-order valence-electron chi connectivity index (χ2n) is 4.39. The summed E-state index contributed by atoms with van der Waals surface area (Å²) in [5.74, 6) is 2.74. The fraction of sp³-hybridized carbons (Fsp3) is 0.417. The normalized spacial score (nSPS) is 11.0. The Morgan fingerprint density at radius 3 is 2.56 bits per heavy atom. The summed E-state index contributed by atoms with van der Waals surface area (Å²) in [6, 6.07) is 0. The summed E-state index contributed by atoms with van der Waals surface area (Å²) in [7, 11) is 1.86. The topological polar surface area (TPSA) is 55.6 Å². The van der Waals surface area contributed by atoms with E-state index in [0.717, 1.165) is 27.5 Å². The first-order chi connectivity index (χ1) is 8.52. The van der Waals surface area contributed by atoms with Gasteiger partial charge in [0.05, 0.1) is 10.7 Å². The molecule has 1 N–H and O–H groups in total. The Bertz CT molecular complexity index is 562. The smallest absolute Gasteiger partial charge is 0.162 e. The highest BCUT2D eigenvalue weighted by Crippen LogP contribution is 2.22. The summed E-state index contributed by atoms with van der Waals surface area (Å²) in [4.78, 5) is 9.10. The summed E-state index contributed by atoms with van der Waals surface area (Å²) < 4.78 is 2.69. The van der Waals surface area contributed by atoms with Crippen molar-refractivity contribution in [3.8, 4) is 5.82 Å². The Hall–Kier alpha value is -1.43. The molecule has 2 aromatic heterocycles. The third kappa shape index (κ3) is 2.38. The molecule has 6 heteroatoms. The van der Waals surface area contributed by atoms with Gasteiger partial charge in [0.1, 0.15) is 11.6 Å². The van der Waals surface area contributed by atoms with Crippen LogP contribution in [0.25, 0.3) is 5.82 Å². The Labute approximate surface area is 115 Å². The molecule has 0 aliphatic heterocycles. The number of hydrogen-bond donors (Lipinski definition) is 1. The number of anilines is 1. The second-order valence-corrected chi connectivity index (χ2v) is 5.30. The van der Waals surface area contributed by atoms with Crippen LogP contribution in [0.5, 0.6) is 0 Å². The number of aromatic nitrogens is 4. The third-order valence-corrected chi connectivity index (χ3v) is 3.07. The minimum absolute atomic E-state index is 0.274. The van der Waals surface area contributed by atoms with Crippen molar-refractivity contribution in [2.24, 2.45) is 0 Å². The molecular weight excluding hydrogens is 294 g/mol. The van der Waals surface area contributed by atoms with E-state index in [1.165, 1.54) is 0 Å². The van der Waals surface area contributed by atoms with Crippen molar-refractivity contribution >= 4 is 21.7 Å². The summed E-state index contributed by atoms with van der Waals surface area (Å²) in [6.45, 7) is 6.14. The van der Waals surface area contributed by atoms with Crippen LogP contribution in [0.15, 0.2) is 16.9 Å². The number of nitrogens with zero attached hydrogens (tertiary/aromatic N) is 4. The van der Waals surface area contributed by atoms with Crippen molar-refractivity contribution in [3.05, 3.63) is 28.3 Å². The van der Waals surface area contributed by atoms with Gasteiger partial charge in [-0.05, 0) is 22.9 Å². The summed E-state index contributed by atoms with van der Waals surface area (Å²) in [5.41, 5.74) is 0.984. The molecule has 0 aliphatic rings. The second kappa shape index (κ2) is 5.06. The van der Waals surface area contributed by atoms with Gasteiger partial charge in [0, 0.05) is 24.7 Å². The van der Waals surface area contributed by atoms with E-state index in [1.807, 2.05) is 20.2 Å². The molecule has 5 nitrogen and oxygen atoms in total. The number of halogens is 1. The molecular formula is C12H16BrN5. The molecule has 2 rings (SSSR count). The largest absolute Gasteiger partial charge is 0.373 e. The molecule has 0 fully saturated rings. The average Bonchev–Trinajstić information content (AvgIpc) is 2.75. The summed E-state index contributed by atoms with van der Waals surface area (Å²) >= 11 is 3.39. The number of hydrogen-bond acceptors (Lipinski definition) is 4. The van der Waals surface area contributed by atoms with E-state index in [9.17, 15) is 0 Å². The monoisotopic (exact) mass is 309 g/mol. The predicted octanol–water partition coefficient (Wildman–Crippen LogP) is 2.90. The first-order valence-corrected chi connectivity index (χ1v) is 6.59. The third-order valence-electron chi connectivity index (χ3n) is 2.66. The van der Waals surface area contributed by atoms with E-state index < -0.39 is 0 Å². The van der Waals surface area contributed by atoms with Crippen molar-refractivity contribution < 1.29 is 0 Å². The molecule has 2 aromatic rings. The van der Waals surface area contributed by atoms with E-state index in [2.05, 4.69) is 50.2 Å². The van der Waals surface area contributed by atoms with Crippen LogP contribution in [-0.4, -0.2) is 26.8 Å². The minimum atomic E-state index is 0.274. The van der Waals surface area contributed by atoms with E-state index in [1.54, 1.807) is 10.9 Å². The van der Waals surface area contributed by atoms with Crippen molar-refractivity contribution in [2.75, 3.05) is 12.4 Å². The number of rotatable bonds is 3. The van der Waals surface area contributed by atoms with Crippen LogP contribution in [0.3, 0.4) is 0 Å². The maximum atomic E-state index is 4.59. The van der Waals surface area contributed by atoms with Gasteiger partial charge < -0.3 is 5.32 Å². The van der Waals surface area contributed by atoms with Gasteiger partial charge in [0.25, 0.3) is 0 Å². The lowest BCUT2D eigenvalue weighted by molar-refractivity contribution is 0.741. The zero-order chi connectivity index (χ0) is 13.3. The lowest BCUT2D eigenvalue weighted by atomic mass is 10.2. The highest BCUT2D eigenvalue weighted by molar-refractivity contribution is 9.10. The molecule has 0 aliphatic carbocycles. The highest BCUT2D eigenvalue weighted by Gasteiger charge is 2.14. The van der Waals surface area contributed by atoms with Crippen LogP contribution in [0.4, 0.5) is 5.82 Å². The van der Waals surface area contributed by atoms with Crippen molar-refractivity contribution in [2.45, 2.75) is 26.7 Å². The van der Waals surface area contributed by atoms with Crippen LogP contribution >= 0.6 is 15.9 Å². The van der Waals surface area contributed by atoms with Gasteiger partial charge in [0.15, 0.2) is 5.82 Å². The zero-order valence-electron chi connectivity index (χ0n) is 10.9. The lowest BCUT2D eigenvalue weighted by Crippen LogP contribution is -2.10. The molecule has 0 spiro atoms. The van der Waals surface area contributed by atoms with E-state index in [4.69, 9.17) is 0 Å². The molecule has 0 saturated heterocycles. The molecule has 0 saturated carbocycles. The maximum Gasteiger partial charge on any atom is 0.162 e. The molecule has 0 aromatic carbocycles. The number of nitrogens with one attached hydrogen (secondary N) is 1. The minimum Gasteiger partial charge on any atom is -0.373 e. The molecule has 0 unspecified atom stereocenters. The van der Waals surface area contributed by atoms with Gasteiger partial charge in [-0.25, -0.2) is 14.6 Å². The van der Waals surface area contributed by atoms with Gasteiger partial charge in [-0.1, -0.05) is 13.8 Å². The maximum absolute atomic E-state index is 4.59. The predicted molar refractivity (Wildman–Crippen MR) is 75.2 cm³/mol. The van der Waals surface area contributed by atoms with Crippen molar-refractivity contribution in [1.29, 1.82) is 0 Å². The Kier molecular flexibility index (Phi) is 3.65. The van der Waals surface area contributed by atoms with Gasteiger partial charge in [-0.3, -0.25) is 0 Å². The van der Waals surface area contributed by atoms with Gasteiger partial charge >= 0.3 is 0 Å². The van der Waals surface area contributed by atoms with Gasteiger partial charge in [0.2, 0.25) is 0 Å². The lowest BCUT2D eigenvalue weighted by Gasteiger charge is -2.13. The van der Waals surface area contributed by atoms with Crippen LogP contribution in [-0.2, 0) is 0 Å². The molecule has 0 atom stereocenters. The SMILES string of the molecule is CNc1nc(C(C)C)nc(-n2cc(Br)cn2)c1C. The standard InChI is InChI=1S/C12H16BrN5/c1-7(2)10-16-11(14-4)8(3)12(17-10)18-6-9(13)5-15-18/h5-7H,1-4H3,(H,14,16,17). The fourth-order valence-corrected chi connectivity index (χ4v) is 1.95. The van der Waals surface area contributed by atoms with E-state index in [-0.39, 0.29) is 5.92 Å². The Morgan fingerprint density at radius 2 is 2.06 bits per heavy atom. The van der Waals surface area contributed by atoms with Crippen LogP contribution < -0.4 is 5.32 Å². The van der Waals surface area contributed by atoms with Crippen LogP contribution in [0.1, 0.15) is 31.2 Å². The van der Waals surface area contributed by atoms with Crippen LogP contribution in [0.2, 0.25) is 0 Å². The molecule has 0 bridgehead atoms. The highest BCUT2D eigenvalue weighted by atomic mass is 79.9. The molecule has 0 amide bonds. The Balaban J connectivity index is 2.61. The fourth-order valence-electron chi connectivity index (χ4n) is 1.66. The van der Waals surface area contributed by atoms with E-state index >= 15 is 0 Å². The van der Waals surface area contributed by atoms with Gasteiger partial charge in [-0.15, -0.1) is 0 Å². The van der Waals surface area contributed by atoms with Gasteiger partial charge in [-0.2, -0.15) is 5.10 Å². The van der Waals surface area contributed by atoms with E-state index in [0.29, 0.717) is 0 Å².